The Morgan fingerprint density at radius 1 is 1.40 bits per heavy atom. The van der Waals surface area contributed by atoms with E-state index in [1.807, 2.05) is 0 Å². The molecule has 0 radical (unpaired) electrons. The minimum atomic E-state index is 0.423. The van der Waals surface area contributed by atoms with Gasteiger partial charge >= 0.3 is 0 Å². The summed E-state index contributed by atoms with van der Waals surface area (Å²) in [6.45, 7) is 10.9. The van der Waals surface area contributed by atoms with Crippen molar-refractivity contribution in [3.63, 3.8) is 0 Å². The van der Waals surface area contributed by atoms with Gasteiger partial charge in [0.1, 0.15) is 0 Å². The van der Waals surface area contributed by atoms with Crippen molar-refractivity contribution in [2.75, 3.05) is 19.6 Å². The van der Waals surface area contributed by atoms with Crippen LogP contribution in [0.15, 0.2) is 0 Å². The minimum Gasteiger partial charge on any atom is -0.310 e. The average Bonchev–Trinajstić information content (AvgIpc) is 2.86. The average molecular weight is 210 g/mol. The van der Waals surface area contributed by atoms with Crippen LogP contribution in [0.3, 0.4) is 0 Å². The van der Waals surface area contributed by atoms with Crippen molar-refractivity contribution in [2.45, 2.75) is 58.0 Å². The molecule has 2 atom stereocenters. The molecule has 2 rings (SSSR count). The van der Waals surface area contributed by atoms with E-state index in [1.54, 1.807) is 0 Å². The molecule has 2 heterocycles. The van der Waals surface area contributed by atoms with Crippen molar-refractivity contribution < 1.29 is 0 Å². The molecule has 0 aromatic carbocycles. The highest BCUT2D eigenvalue weighted by molar-refractivity contribution is 5.06. The fourth-order valence-electron chi connectivity index (χ4n) is 3.74. The second-order valence-electron chi connectivity index (χ2n) is 5.51. The lowest BCUT2D eigenvalue weighted by atomic mass is 9.77. The summed E-state index contributed by atoms with van der Waals surface area (Å²) in [5.74, 6) is 0.761. The number of hydrogen-bond acceptors (Lipinski definition) is 2. The van der Waals surface area contributed by atoms with E-state index >= 15 is 0 Å². The molecule has 88 valence electrons. The van der Waals surface area contributed by atoms with Crippen LogP contribution in [0.4, 0.5) is 0 Å². The first-order valence-corrected chi connectivity index (χ1v) is 6.70. The first-order valence-electron chi connectivity index (χ1n) is 6.70. The molecule has 15 heavy (non-hydrogen) atoms. The Labute approximate surface area is 94.4 Å². The van der Waals surface area contributed by atoms with Crippen LogP contribution in [0.25, 0.3) is 0 Å². The largest absolute Gasteiger partial charge is 0.310 e. The number of rotatable bonds is 3. The zero-order valence-electron chi connectivity index (χ0n) is 10.6. The molecule has 0 aromatic heterocycles. The lowest BCUT2D eigenvalue weighted by Crippen LogP contribution is -2.58. The molecule has 0 aliphatic carbocycles. The van der Waals surface area contributed by atoms with Gasteiger partial charge in [-0.3, -0.25) is 4.90 Å². The van der Waals surface area contributed by atoms with Gasteiger partial charge < -0.3 is 5.32 Å². The summed E-state index contributed by atoms with van der Waals surface area (Å²) in [4.78, 5) is 2.69. The second-order valence-corrected chi connectivity index (χ2v) is 5.51. The van der Waals surface area contributed by atoms with Gasteiger partial charge in [0.2, 0.25) is 0 Å². The third-order valence-electron chi connectivity index (χ3n) is 4.62. The molecule has 2 saturated heterocycles. The van der Waals surface area contributed by atoms with Crippen LogP contribution in [-0.4, -0.2) is 36.1 Å². The highest BCUT2D eigenvalue weighted by Gasteiger charge is 2.47. The molecule has 2 heteroatoms. The minimum absolute atomic E-state index is 0.423. The van der Waals surface area contributed by atoms with Gasteiger partial charge in [-0.05, 0) is 51.2 Å². The Kier molecular flexibility index (Phi) is 3.36. The lowest BCUT2D eigenvalue weighted by molar-refractivity contribution is 0.111. The predicted molar refractivity (Wildman–Crippen MR) is 65.1 cm³/mol. The topological polar surface area (TPSA) is 15.3 Å². The summed E-state index contributed by atoms with van der Waals surface area (Å²) >= 11 is 0. The zero-order chi connectivity index (χ0) is 10.9. The van der Waals surface area contributed by atoms with Gasteiger partial charge in [-0.1, -0.05) is 20.8 Å². The summed E-state index contributed by atoms with van der Waals surface area (Å²) in [5, 5.41) is 3.83. The smallest absolute Gasteiger partial charge is 0.0360 e. The quantitative estimate of drug-likeness (QED) is 0.768. The maximum atomic E-state index is 3.83. The molecule has 2 fully saturated rings. The molecular formula is C13H26N2. The monoisotopic (exact) mass is 210 g/mol. The lowest BCUT2D eigenvalue weighted by Gasteiger charge is -2.43. The molecule has 2 nitrogen and oxygen atoms in total. The van der Waals surface area contributed by atoms with Crippen molar-refractivity contribution in [3.05, 3.63) is 0 Å². The first kappa shape index (κ1) is 11.4. The van der Waals surface area contributed by atoms with E-state index in [2.05, 4.69) is 31.0 Å². The molecule has 0 saturated carbocycles. The molecule has 0 bridgehead atoms. The first-order chi connectivity index (χ1) is 7.20. The standard InChI is InChI=1S/C13H26N2/c1-4-15-10-5-7-12(15)13(11(2)3)8-6-9-14-13/h11-12,14H,4-10H2,1-3H3. The van der Waals surface area contributed by atoms with E-state index in [1.165, 1.54) is 45.3 Å². The number of nitrogens with zero attached hydrogens (tertiary/aromatic N) is 1. The Morgan fingerprint density at radius 3 is 2.73 bits per heavy atom. The number of likely N-dealkylation sites (N-methyl/N-ethyl adjacent to an activating group) is 1. The molecule has 2 unspecified atom stereocenters. The summed E-state index contributed by atoms with van der Waals surface area (Å²) in [7, 11) is 0. The molecule has 0 spiro atoms. The Morgan fingerprint density at radius 2 is 2.20 bits per heavy atom. The third kappa shape index (κ3) is 1.83. The Bertz CT molecular complexity index is 207. The normalized spacial score (nSPS) is 38.0. The van der Waals surface area contributed by atoms with Gasteiger partial charge in [0.05, 0.1) is 0 Å². The highest BCUT2D eigenvalue weighted by atomic mass is 15.2. The fourth-order valence-corrected chi connectivity index (χ4v) is 3.74. The maximum Gasteiger partial charge on any atom is 0.0360 e. The van der Waals surface area contributed by atoms with E-state index in [9.17, 15) is 0 Å². The van der Waals surface area contributed by atoms with Gasteiger partial charge in [-0.2, -0.15) is 0 Å². The van der Waals surface area contributed by atoms with Crippen LogP contribution < -0.4 is 5.32 Å². The van der Waals surface area contributed by atoms with Gasteiger partial charge in [0.15, 0.2) is 0 Å². The van der Waals surface area contributed by atoms with Crippen LogP contribution in [-0.2, 0) is 0 Å². The van der Waals surface area contributed by atoms with Crippen LogP contribution in [0.2, 0.25) is 0 Å². The zero-order valence-corrected chi connectivity index (χ0v) is 10.6. The van der Waals surface area contributed by atoms with E-state index in [4.69, 9.17) is 0 Å². The van der Waals surface area contributed by atoms with Crippen molar-refractivity contribution in [2.24, 2.45) is 5.92 Å². The Balaban J connectivity index is 2.17. The van der Waals surface area contributed by atoms with Crippen LogP contribution in [0.5, 0.6) is 0 Å². The van der Waals surface area contributed by atoms with E-state index in [0.29, 0.717) is 5.54 Å². The van der Waals surface area contributed by atoms with Crippen LogP contribution in [0.1, 0.15) is 46.5 Å². The SMILES string of the molecule is CCN1CCCC1C1(C(C)C)CCCN1. The maximum absolute atomic E-state index is 3.83. The molecule has 1 N–H and O–H groups in total. The van der Waals surface area contributed by atoms with Gasteiger partial charge in [0.25, 0.3) is 0 Å². The number of hydrogen-bond donors (Lipinski definition) is 1. The van der Waals surface area contributed by atoms with Crippen molar-refractivity contribution in [1.29, 1.82) is 0 Å². The predicted octanol–water partition coefficient (Wildman–Crippen LogP) is 2.25. The van der Waals surface area contributed by atoms with Gasteiger partial charge in [-0.15, -0.1) is 0 Å². The van der Waals surface area contributed by atoms with E-state index < -0.39 is 0 Å². The highest BCUT2D eigenvalue weighted by Crippen LogP contribution is 2.38. The Hall–Kier alpha value is -0.0800. The van der Waals surface area contributed by atoms with Gasteiger partial charge in [0, 0.05) is 11.6 Å². The molecule has 2 aliphatic rings. The third-order valence-corrected chi connectivity index (χ3v) is 4.62. The number of nitrogens with one attached hydrogen (secondary N) is 1. The van der Waals surface area contributed by atoms with Crippen molar-refractivity contribution in [1.82, 2.24) is 10.2 Å². The molecule has 2 aliphatic heterocycles. The van der Waals surface area contributed by atoms with Crippen molar-refractivity contribution >= 4 is 0 Å². The molecular weight excluding hydrogens is 184 g/mol. The van der Waals surface area contributed by atoms with Crippen molar-refractivity contribution in [3.8, 4) is 0 Å². The summed E-state index contributed by atoms with van der Waals surface area (Å²) in [5.41, 5.74) is 0.423. The van der Waals surface area contributed by atoms with Gasteiger partial charge in [-0.25, -0.2) is 0 Å². The summed E-state index contributed by atoms with van der Waals surface area (Å²) in [6.07, 6.45) is 5.55. The molecule has 0 amide bonds. The van der Waals surface area contributed by atoms with E-state index in [-0.39, 0.29) is 0 Å². The van der Waals surface area contributed by atoms with Crippen LogP contribution >= 0.6 is 0 Å². The fraction of sp³-hybridized carbons (Fsp3) is 1.00. The van der Waals surface area contributed by atoms with Crippen LogP contribution in [0, 0.1) is 5.92 Å². The summed E-state index contributed by atoms with van der Waals surface area (Å²) in [6, 6.07) is 0.796. The van der Waals surface area contributed by atoms with E-state index in [0.717, 1.165) is 12.0 Å². The summed E-state index contributed by atoms with van der Waals surface area (Å²) < 4.78 is 0. The number of likely N-dealkylation sites (tertiary alicyclic amines) is 1. The second kappa shape index (κ2) is 4.42. The molecule has 0 aromatic rings.